The summed E-state index contributed by atoms with van der Waals surface area (Å²) < 4.78 is 0. The minimum atomic E-state index is 0.664. The third kappa shape index (κ3) is 2.21. The van der Waals surface area contributed by atoms with Crippen molar-refractivity contribution >= 4 is 11.1 Å². The van der Waals surface area contributed by atoms with E-state index in [2.05, 4.69) is 67.5 Å². The van der Waals surface area contributed by atoms with Gasteiger partial charge in [0.25, 0.3) is 0 Å². The summed E-state index contributed by atoms with van der Waals surface area (Å²) in [6, 6.07) is 18.7. The lowest BCUT2D eigenvalue weighted by Crippen LogP contribution is -2.30. The molecule has 1 nitrogen and oxygen atoms in total. The molecule has 0 radical (unpaired) electrons. The Kier molecular flexibility index (Phi) is 3.38. The van der Waals surface area contributed by atoms with Crippen molar-refractivity contribution in [3.05, 3.63) is 70.8 Å². The average Bonchev–Trinajstić information content (AvgIpc) is 2.69. The van der Waals surface area contributed by atoms with E-state index < -0.39 is 0 Å². The Hall–Kier alpha value is -1.86. The normalized spacial score (nSPS) is 20.2. The molecule has 2 aromatic carbocycles. The van der Waals surface area contributed by atoms with E-state index >= 15 is 0 Å². The second-order valence-electron chi connectivity index (χ2n) is 6.81. The predicted molar refractivity (Wildman–Crippen MR) is 93.8 cm³/mol. The molecule has 0 saturated carbocycles. The lowest BCUT2D eigenvalue weighted by atomic mass is 9.81. The molecule has 1 unspecified atom stereocenters. The molecule has 0 aliphatic heterocycles. The van der Waals surface area contributed by atoms with E-state index in [1.807, 2.05) is 0 Å². The summed E-state index contributed by atoms with van der Waals surface area (Å²) in [5.41, 5.74) is 9.14. The maximum absolute atomic E-state index is 2.39. The molecule has 2 aromatic rings. The Morgan fingerprint density at radius 2 is 1.41 bits per heavy atom. The van der Waals surface area contributed by atoms with E-state index in [-0.39, 0.29) is 0 Å². The molecule has 0 N–H and O–H groups in total. The van der Waals surface area contributed by atoms with Gasteiger partial charge in [0.1, 0.15) is 0 Å². The van der Waals surface area contributed by atoms with E-state index in [1.54, 1.807) is 11.1 Å². The fourth-order valence-electron chi connectivity index (χ4n) is 4.08. The molecule has 2 aliphatic carbocycles. The molecule has 0 heterocycles. The van der Waals surface area contributed by atoms with E-state index in [1.165, 1.54) is 41.5 Å². The molecule has 112 valence electrons. The number of hydrogen-bond acceptors (Lipinski definition) is 1. The standard InChI is InChI=1S/C21H23N/c1-22(2)17-11-12-20-18-9-5-3-7-15(18)13-16-8-4-6-10-19(16)21(20)14-17/h3-10,17H,11-14H2,1-2H3. The first-order valence-electron chi connectivity index (χ1n) is 8.29. The van der Waals surface area contributed by atoms with Gasteiger partial charge in [0.15, 0.2) is 0 Å². The Balaban J connectivity index is 1.93. The highest BCUT2D eigenvalue weighted by Crippen LogP contribution is 2.44. The first-order valence-corrected chi connectivity index (χ1v) is 8.29. The topological polar surface area (TPSA) is 3.24 Å². The average molecular weight is 289 g/mol. The summed E-state index contributed by atoms with van der Waals surface area (Å²) in [7, 11) is 4.43. The summed E-state index contributed by atoms with van der Waals surface area (Å²) in [6.45, 7) is 0. The van der Waals surface area contributed by atoms with Crippen molar-refractivity contribution in [3.8, 4) is 0 Å². The Morgan fingerprint density at radius 1 is 0.818 bits per heavy atom. The second-order valence-corrected chi connectivity index (χ2v) is 6.81. The summed E-state index contributed by atoms with van der Waals surface area (Å²) in [4.78, 5) is 2.39. The maximum Gasteiger partial charge on any atom is 0.0133 e. The van der Waals surface area contributed by atoms with E-state index in [9.17, 15) is 0 Å². The van der Waals surface area contributed by atoms with Gasteiger partial charge in [0.2, 0.25) is 0 Å². The molecule has 0 saturated heterocycles. The second kappa shape index (κ2) is 5.40. The van der Waals surface area contributed by atoms with Crippen LogP contribution in [0.15, 0.2) is 48.5 Å². The van der Waals surface area contributed by atoms with Gasteiger partial charge in [-0.05, 0) is 73.2 Å². The van der Waals surface area contributed by atoms with Crippen LogP contribution in [0.2, 0.25) is 0 Å². The number of nitrogens with zero attached hydrogens (tertiary/aromatic N) is 1. The Bertz CT molecular complexity index is 739. The molecule has 0 bridgehead atoms. The van der Waals surface area contributed by atoms with Gasteiger partial charge in [-0.25, -0.2) is 0 Å². The van der Waals surface area contributed by atoms with Crippen LogP contribution in [0.3, 0.4) is 0 Å². The van der Waals surface area contributed by atoms with Crippen molar-refractivity contribution in [2.45, 2.75) is 31.7 Å². The van der Waals surface area contributed by atoms with Crippen LogP contribution in [0, 0.1) is 0 Å². The predicted octanol–water partition coefficient (Wildman–Crippen LogP) is 4.62. The van der Waals surface area contributed by atoms with Gasteiger partial charge < -0.3 is 4.90 Å². The molecule has 1 atom stereocenters. The van der Waals surface area contributed by atoms with E-state index in [4.69, 9.17) is 0 Å². The smallest absolute Gasteiger partial charge is 0.0133 e. The molecular formula is C21H23N. The molecule has 0 amide bonds. The van der Waals surface area contributed by atoms with Crippen LogP contribution < -0.4 is 0 Å². The van der Waals surface area contributed by atoms with Gasteiger partial charge in [-0.3, -0.25) is 0 Å². The molecule has 0 aromatic heterocycles. The Labute approximate surface area is 133 Å². The zero-order valence-electron chi connectivity index (χ0n) is 13.5. The summed E-state index contributed by atoms with van der Waals surface area (Å²) >= 11 is 0. The van der Waals surface area contributed by atoms with Crippen molar-refractivity contribution in [1.82, 2.24) is 4.90 Å². The van der Waals surface area contributed by atoms with Crippen molar-refractivity contribution < 1.29 is 0 Å². The highest BCUT2D eigenvalue weighted by Gasteiger charge is 2.28. The fraction of sp³-hybridized carbons (Fsp3) is 0.333. The first-order chi connectivity index (χ1) is 10.7. The van der Waals surface area contributed by atoms with Crippen LogP contribution in [0.5, 0.6) is 0 Å². The van der Waals surface area contributed by atoms with Crippen molar-refractivity contribution in [1.29, 1.82) is 0 Å². The SMILES string of the molecule is CN(C)C1CCC2=C(C1)c1ccccc1Cc1ccccc12. The van der Waals surface area contributed by atoms with Crippen LogP contribution >= 0.6 is 0 Å². The monoisotopic (exact) mass is 289 g/mol. The van der Waals surface area contributed by atoms with Gasteiger partial charge in [0.05, 0.1) is 0 Å². The largest absolute Gasteiger partial charge is 0.306 e. The lowest BCUT2D eigenvalue weighted by molar-refractivity contribution is 0.281. The van der Waals surface area contributed by atoms with Crippen molar-refractivity contribution in [2.75, 3.05) is 14.1 Å². The molecule has 0 fully saturated rings. The first kappa shape index (κ1) is 13.8. The van der Waals surface area contributed by atoms with E-state index in [0.29, 0.717) is 6.04 Å². The number of fused-ring (bicyclic) bond motifs is 4. The lowest BCUT2D eigenvalue weighted by Gasteiger charge is -2.32. The zero-order valence-corrected chi connectivity index (χ0v) is 13.5. The molecule has 0 spiro atoms. The number of hydrogen-bond donors (Lipinski definition) is 0. The van der Waals surface area contributed by atoms with Gasteiger partial charge >= 0.3 is 0 Å². The van der Waals surface area contributed by atoms with Crippen LogP contribution in [-0.4, -0.2) is 25.0 Å². The summed E-state index contributed by atoms with van der Waals surface area (Å²) in [6.07, 6.45) is 4.70. The van der Waals surface area contributed by atoms with Gasteiger partial charge in [-0.1, -0.05) is 48.5 Å². The Morgan fingerprint density at radius 3 is 2.05 bits per heavy atom. The number of benzene rings is 2. The quantitative estimate of drug-likeness (QED) is 0.740. The number of allylic oxidation sites excluding steroid dienone is 1. The maximum atomic E-state index is 2.39. The van der Waals surface area contributed by atoms with Crippen molar-refractivity contribution in [2.24, 2.45) is 0 Å². The third-order valence-corrected chi connectivity index (χ3v) is 5.33. The highest BCUT2D eigenvalue weighted by atomic mass is 15.1. The van der Waals surface area contributed by atoms with Crippen LogP contribution in [0.4, 0.5) is 0 Å². The summed E-state index contributed by atoms with van der Waals surface area (Å²) in [5, 5.41) is 0. The molecular weight excluding hydrogens is 266 g/mol. The van der Waals surface area contributed by atoms with Crippen molar-refractivity contribution in [3.63, 3.8) is 0 Å². The summed E-state index contributed by atoms with van der Waals surface area (Å²) in [5.74, 6) is 0. The van der Waals surface area contributed by atoms with E-state index in [0.717, 1.165) is 6.42 Å². The van der Waals surface area contributed by atoms with Crippen LogP contribution in [-0.2, 0) is 6.42 Å². The number of rotatable bonds is 1. The van der Waals surface area contributed by atoms with Gasteiger partial charge in [-0.15, -0.1) is 0 Å². The van der Waals surface area contributed by atoms with Gasteiger partial charge in [0, 0.05) is 6.04 Å². The molecule has 22 heavy (non-hydrogen) atoms. The molecule has 1 heteroatoms. The zero-order chi connectivity index (χ0) is 15.1. The third-order valence-electron chi connectivity index (χ3n) is 5.33. The minimum Gasteiger partial charge on any atom is -0.306 e. The van der Waals surface area contributed by atoms with Crippen LogP contribution in [0.1, 0.15) is 41.5 Å². The molecule has 4 rings (SSSR count). The van der Waals surface area contributed by atoms with Crippen LogP contribution in [0.25, 0.3) is 11.1 Å². The fourth-order valence-corrected chi connectivity index (χ4v) is 4.08. The minimum absolute atomic E-state index is 0.664. The van der Waals surface area contributed by atoms with Gasteiger partial charge in [-0.2, -0.15) is 0 Å². The highest BCUT2D eigenvalue weighted by molar-refractivity contribution is 5.95. The molecule has 2 aliphatic rings.